The van der Waals surface area contributed by atoms with Crippen molar-refractivity contribution in [1.29, 1.82) is 0 Å². The van der Waals surface area contributed by atoms with E-state index >= 15 is 0 Å². The maximum atomic E-state index is 12.6. The minimum atomic E-state index is -0.666. The van der Waals surface area contributed by atoms with E-state index in [1.54, 1.807) is 11.8 Å². The van der Waals surface area contributed by atoms with Crippen LogP contribution in [-0.4, -0.2) is 28.7 Å². The van der Waals surface area contributed by atoms with Crippen LogP contribution in [0.15, 0.2) is 54.6 Å². The predicted octanol–water partition coefficient (Wildman–Crippen LogP) is 3.32. The summed E-state index contributed by atoms with van der Waals surface area (Å²) in [6, 6.07) is 16.7. The standard InChI is InChI=1S/C23H24N4O3/c1-3-18-21(16-10-7-11-17(12-16)30-2)22-25-23(29)19(27(22)26-18)13-20(28)24-14-15-8-5-4-6-9-15/h4-12,19H,3,13-14H2,1-2H3,(H,24,28)(H,25,29). The molecule has 0 bridgehead atoms. The Balaban J connectivity index is 1.56. The van der Waals surface area contributed by atoms with Crippen molar-refractivity contribution in [1.82, 2.24) is 15.1 Å². The molecule has 7 heteroatoms. The van der Waals surface area contributed by atoms with Crippen LogP contribution in [0.25, 0.3) is 11.1 Å². The van der Waals surface area contributed by atoms with Gasteiger partial charge >= 0.3 is 0 Å². The van der Waals surface area contributed by atoms with Crippen LogP contribution in [0, 0.1) is 0 Å². The van der Waals surface area contributed by atoms with Gasteiger partial charge in [0.15, 0.2) is 0 Å². The van der Waals surface area contributed by atoms with Gasteiger partial charge in [0.25, 0.3) is 5.91 Å². The summed E-state index contributed by atoms with van der Waals surface area (Å²) >= 11 is 0. The highest BCUT2D eigenvalue weighted by molar-refractivity contribution is 6.03. The molecule has 2 heterocycles. The average Bonchev–Trinajstić information content (AvgIpc) is 3.28. The van der Waals surface area contributed by atoms with Crippen molar-refractivity contribution in [2.75, 3.05) is 12.4 Å². The largest absolute Gasteiger partial charge is 0.497 e. The third-order valence-electron chi connectivity index (χ3n) is 5.23. The summed E-state index contributed by atoms with van der Waals surface area (Å²) in [4.78, 5) is 25.1. The smallest absolute Gasteiger partial charge is 0.251 e. The van der Waals surface area contributed by atoms with E-state index in [2.05, 4.69) is 15.7 Å². The molecule has 1 atom stereocenters. The number of anilines is 1. The molecular formula is C23H24N4O3. The van der Waals surface area contributed by atoms with Crippen LogP contribution in [-0.2, 0) is 22.6 Å². The first-order valence-electron chi connectivity index (χ1n) is 9.98. The van der Waals surface area contributed by atoms with Crippen LogP contribution in [0.5, 0.6) is 5.75 Å². The van der Waals surface area contributed by atoms with Gasteiger partial charge in [-0.1, -0.05) is 49.4 Å². The van der Waals surface area contributed by atoms with Gasteiger partial charge in [0, 0.05) is 12.1 Å². The van der Waals surface area contributed by atoms with Gasteiger partial charge in [0.05, 0.1) is 19.2 Å². The Morgan fingerprint density at radius 3 is 2.73 bits per heavy atom. The summed E-state index contributed by atoms with van der Waals surface area (Å²) < 4.78 is 6.99. The zero-order valence-electron chi connectivity index (χ0n) is 17.0. The molecule has 0 saturated heterocycles. The number of aryl methyl sites for hydroxylation is 1. The number of hydrogen-bond acceptors (Lipinski definition) is 4. The Labute approximate surface area is 175 Å². The number of aromatic nitrogens is 2. The number of fused-ring (bicyclic) bond motifs is 1. The molecule has 1 aliphatic rings. The molecule has 7 nitrogen and oxygen atoms in total. The Bertz CT molecular complexity index is 1080. The number of benzene rings is 2. The van der Waals surface area contributed by atoms with E-state index in [4.69, 9.17) is 4.74 Å². The molecule has 0 saturated carbocycles. The van der Waals surface area contributed by atoms with Crippen LogP contribution >= 0.6 is 0 Å². The highest BCUT2D eigenvalue weighted by atomic mass is 16.5. The predicted molar refractivity (Wildman–Crippen MR) is 114 cm³/mol. The lowest BCUT2D eigenvalue weighted by Crippen LogP contribution is -2.28. The van der Waals surface area contributed by atoms with E-state index in [-0.39, 0.29) is 18.2 Å². The number of rotatable bonds is 7. The lowest BCUT2D eigenvalue weighted by Gasteiger charge is -2.10. The van der Waals surface area contributed by atoms with Gasteiger partial charge in [-0.15, -0.1) is 0 Å². The highest BCUT2D eigenvalue weighted by Gasteiger charge is 2.36. The van der Waals surface area contributed by atoms with Gasteiger partial charge in [-0.05, 0) is 29.7 Å². The highest BCUT2D eigenvalue weighted by Crippen LogP contribution is 2.39. The second-order valence-corrected chi connectivity index (χ2v) is 7.17. The molecule has 0 aliphatic carbocycles. The molecule has 4 rings (SSSR count). The minimum absolute atomic E-state index is 0.0358. The third kappa shape index (κ3) is 3.78. The van der Waals surface area contributed by atoms with Crippen molar-refractivity contribution in [3.63, 3.8) is 0 Å². The number of nitrogens with zero attached hydrogens (tertiary/aromatic N) is 2. The van der Waals surface area contributed by atoms with Crippen LogP contribution in [0.1, 0.15) is 30.6 Å². The Morgan fingerprint density at radius 2 is 2.00 bits per heavy atom. The van der Waals surface area contributed by atoms with Crippen molar-refractivity contribution >= 4 is 17.6 Å². The summed E-state index contributed by atoms with van der Waals surface area (Å²) in [5.74, 6) is 0.948. The summed E-state index contributed by atoms with van der Waals surface area (Å²) in [7, 11) is 1.62. The molecule has 154 valence electrons. The first-order chi connectivity index (χ1) is 14.6. The lowest BCUT2D eigenvalue weighted by atomic mass is 10.0. The van der Waals surface area contributed by atoms with Crippen LogP contribution in [0.2, 0.25) is 0 Å². The molecule has 2 aromatic carbocycles. The first-order valence-corrected chi connectivity index (χ1v) is 9.98. The fraction of sp³-hybridized carbons (Fsp3) is 0.261. The molecule has 0 radical (unpaired) electrons. The summed E-state index contributed by atoms with van der Waals surface area (Å²) in [5, 5.41) is 10.5. The number of carbonyl (C=O) groups is 2. The number of methoxy groups -OCH3 is 1. The molecule has 1 aromatic heterocycles. The van der Waals surface area contributed by atoms with Crippen LogP contribution < -0.4 is 15.4 Å². The maximum absolute atomic E-state index is 12.6. The molecule has 0 spiro atoms. The van der Waals surface area contributed by atoms with Crippen molar-refractivity contribution in [2.45, 2.75) is 32.4 Å². The third-order valence-corrected chi connectivity index (χ3v) is 5.23. The SMILES string of the molecule is CCc1nn2c(c1-c1cccc(OC)c1)NC(=O)C2CC(=O)NCc1ccccc1. The van der Waals surface area contributed by atoms with Gasteiger partial charge in [-0.25, -0.2) is 4.68 Å². The zero-order valence-corrected chi connectivity index (χ0v) is 17.0. The van der Waals surface area contributed by atoms with Crippen molar-refractivity contribution in [3.05, 3.63) is 65.9 Å². The topological polar surface area (TPSA) is 85.2 Å². The molecule has 2 amide bonds. The molecule has 3 aromatic rings. The zero-order chi connectivity index (χ0) is 21.1. The van der Waals surface area contributed by atoms with Gasteiger partial charge in [0.2, 0.25) is 5.91 Å². The van der Waals surface area contributed by atoms with E-state index in [1.807, 2.05) is 61.5 Å². The van der Waals surface area contributed by atoms with E-state index < -0.39 is 6.04 Å². The molecule has 30 heavy (non-hydrogen) atoms. The van der Waals surface area contributed by atoms with E-state index in [1.165, 1.54) is 0 Å². The first kappa shape index (κ1) is 19.7. The minimum Gasteiger partial charge on any atom is -0.497 e. The number of nitrogens with one attached hydrogen (secondary N) is 2. The van der Waals surface area contributed by atoms with E-state index in [9.17, 15) is 9.59 Å². The van der Waals surface area contributed by atoms with Gasteiger partial charge in [-0.2, -0.15) is 5.10 Å². The van der Waals surface area contributed by atoms with Crippen molar-refractivity contribution < 1.29 is 14.3 Å². The van der Waals surface area contributed by atoms with Crippen LogP contribution in [0.3, 0.4) is 0 Å². The molecular weight excluding hydrogens is 380 g/mol. The Kier molecular flexibility index (Phi) is 5.52. The normalized spacial score (nSPS) is 14.9. The molecule has 1 unspecified atom stereocenters. The van der Waals surface area contributed by atoms with E-state index in [0.29, 0.717) is 18.8 Å². The summed E-state index contributed by atoms with van der Waals surface area (Å²) in [6.07, 6.45) is 0.739. The molecule has 0 fully saturated rings. The van der Waals surface area contributed by atoms with Crippen molar-refractivity contribution in [2.24, 2.45) is 0 Å². The quantitative estimate of drug-likeness (QED) is 0.633. The molecule has 1 aliphatic heterocycles. The maximum Gasteiger partial charge on any atom is 0.251 e. The fourth-order valence-electron chi connectivity index (χ4n) is 3.69. The van der Waals surface area contributed by atoms with Crippen molar-refractivity contribution in [3.8, 4) is 16.9 Å². The number of amides is 2. The summed E-state index contributed by atoms with van der Waals surface area (Å²) in [5.41, 5.74) is 3.67. The average molecular weight is 404 g/mol. The number of ether oxygens (including phenoxy) is 1. The lowest BCUT2D eigenvalue weighted by molar-refractivity contribution is -0.126. The van der Waals surface area contributed by atoms with Gasteiger partial charge in [0.1, 0.15) is 17.6 Å². The number of carbonyl (C=O) groups excluding carboxylic acids is 2. The fourth-order valence-corrected chi connectivity index (χ4v) is 3.69. The second-order valence-electron chi connectivity index (χ2n) is 7.17. The molecule has 2 N–H and O–H groups in total. The van der Waals surface area contributed by atoms with E-state index in [0.717, 1.165) is 28.1 Å². The van der Waals surface area contributed by atoms with Gasteiger partial charge in [-0.3, -0.25) is 9.59 Å². The van der Waals surface area contributed by atoms with Crippen LogP contribution in [0.4, 0.5) is 5.82 Å². The monoisotopic (exact) mass is 404 g/mol. The Hall–Kier alpha value is -3.61. The number of hydrogen-bond donors (Lipinski definition) is 2. The second kappa shape index (κ2) is 8.41. The summed E-state index contributed by atoms with van der Waals surface area (Å²) in [6.45, 7) is 2.44. The van der Waals surface area contributed by atoms with Gasteiger partial charge < -0.3 is 15.4 Å². The Morgan fingerprint density at radius 1 is 1.20 bits per heavy atom.